The molecule has 0 radical (unpaired) electrons. The maximum atomic E-state index is 12.2. The molecule has 4 nitrogen and oxygen atoms in total. The molecule has 1 amide bonds. The minimum atomic E-state index is -0.365. The third-order valence-corrected chi connectivity index (χ3v) is 4.03. The number of carbonyl (C=O) groups is 2. The highest BCUT2D eigenvalue weighted by Crippen LogP contribution is 2.28. The SMILES string of the molecule is CCOC(=O)[C@H]1CC(=O)N(c2ccc(-c3ccccc3)cc2)C1. The topological polar surface area (TPSA) is 46.6 Å². The zero-order chi connectivity index (χ0) is 16.2. The van der Waals surface area contributed by atoms with Gasteiger partial charge in [0, 0.05) is 18.7 Å². The Kier molecular flexibility index (Phi) is 4.42. The highest BCUT2D eigenvalue weighted by atomic mass is 16.5. The van der Waals surface area contributed by atoms with Crippen molar-refractivity contribution in [1.29, 1.82) is 0 Å². The average Bonchev–Trinajstić information content (AvgIpc) is 2.98. The van der Waals surface area contributed by atoms with Gasteiger partial charge in [0.2, 0.25) is 5.91 Å². The molecule has 0 aliphatic carbocycles. The van der Waals surface area contributed by atoms with Crippen molar-refractivity contribution >= 4 is 17.6 Å². The quantitative estimate of drug-likeness (QED) is 0.814. The zero-order valence-corrected chi connectivity index (χ0v) is 13.1. The Morgan fingerprint density at radius 2 is 1.74 bits per heavy atom. The Bertz CT molecular complexity index is 694. The maximum absolute atomic E-state index is 12.2. The molecule has 0 N–H and O–H groups in total. The van der Waals surface area contributed by atoms with E-state index in [1.165, 1.54) is 0 Å². The van der Waals surface area contributed by atoms with E-state index in [0.717, 1.165) is 16.8 Å². The summed E-state index contributed by atoms with van der Waals surface area (Å²) in [5, 5.41) is 0. The van der Waals surface area contributed by atoms with Gasteiger partial charge in [-0.2, -0.15) is 0 Å². The highest BCUT2D eigenvalue weighted by molar-refractivity contribution is 5.99. The Balaban J connectivity index is 1.75. The molecule has 0 saturated carbocycles. The van der Waals surface area contributed by atoms with Gasteiger partial charge in [0.05, 0.1) is 12.5 Å². The van der Waals surface area contributed by atoms with E-state index in [9.17, 15) is 9.59 Å². The van der Waals surface area contributed by atoms with Gasteiger partial charge in [-0.1, -0.05) is 42.5 Å². The smallest absolute Gasteiger partial charge is 0.311 e. The van der Waals surface area contributed by atoms with Crippen molar-refractivity contribution in [2.45, 2.75) is 13.3 Å². The molecular formula is C19H19NO3. The summed E-state index contributed by atoms with van der Waals surface area (Å²) in [6, 6.07) is 17.9. The number of ether oxygens (including phenoxy) is 1. The summed E-state index contributed by atoms with van der Waals surface area (Å²) < 4.78 is 5.02. The highest BCUT2D eigenvalue weighted by Gasteiger charge is 2.35. The lowest BCUT2D eigenvalue weighted by atomic mass is 10.1. The second-order valence-corrected chi connectivity index (χ2v) is 5.57. The predicted octanol–water partition coefficient (Wildman–Crippen LogP) is 3.27. The molecule has 4 heteroatoms. The Morgan fingerprint density at radius 1 is 1.09 bits per heavy atom. The first kappa shape index (κ1) is 15.3. The van der Waals surface area contributed by atoms with E-state index < -0.39 is 0 Å². The van der Waals surface area contributed by atoms with Gasteiger partial charge in [-0.15, -0.1) is 0 Å². The summed E-state index contributed by atoms with van der Waals surface area (Å²) in [6.07, 6.45) is 0.221. The van der Waals surface area contributed by atoms with Gasteiger partial charge < -0.3 is 9.64 Å². The molecule has 23 heavy (non-hydrogen) atoms. The standard InChI is InChI=1S/C19H19NO3/c1-2-23-19(22)16-12-18(21)20(13-16)17-10-8-15(9-11-17)14-6-4-3-5-7-14/h3-11,16H,2,12-13H2,1H3/t16-/m0/s1. The second kappa shape index (κ2) is 6.65. The molecule has 1 atom stereocenters. The number of esters is 1. The fourth-order valence-electron chi connectivity index (χ4n) is 2.84. The van der Waals surface area contributed by atoms with Crippen molar-refractivity contribution in [3.8, 4) is 11.1 Å². The van der Waals surface area contributed by atoms with Gasteiger partial charge >= 0.3 is 5.97 Å². The van der Waals surface area contributed by atoms with Crippen LogP contribution in [0.25, 0.3) is 11.1 Å². The molecule has 1 fully saturated rings. The third kappa shape index (κ3) is 3.26. The van der Waals surface area contributed by atoms with Crippen LogP contribution in [-0.2, 0) is 14.3 Å². The van der Waals surface area contributed by atoms with Crippen LogP contribution in [0, 0.1) is 5.92 Å². The lowest BCUT2D eigenvalue weighted by Crippen LogP contribution is -2.26. The molecular weight excluding hydrogens is 290 g/mol. The molecule has 1 aliphatic heterocycles. The Labute approximate surface area is 135 Å². The van der Waals surface area contributed by atoms with Gasteiger partial charge in [-0.3, -0.25) is 9.59 Å². The van der Waals surface area contributed by atoms with Crippen LogP contribution >= 0.6 is 0 Å². The van der Waals surface area contributed by atoms with E-state index in [2.05, 4.69) is 0 Å². The van der Waals surface area contributed by atoms with Crippen LogP contribution in [-0.4, -0.2) is 25.0 Å². The third-order valence-electron chi connectivity index (χ3n) is 4.03. The number of hydrogen-bond donors (Lipinski definition) is 0. The van der Waals surface area contributed by atoms with Crippen molar-refractivity contribution in [1.82, 2.24) is 0 Å². The summed E-state index contributed by atoms with van der Waals surface area (Å²) >= 11 is 0. The largest absolute Gasteiger partial charge is 0.466 e. The molecule has 0 unspecified atom stereocenters. The second-order valence-electron chi connectivity index (χ2n) is 5.57. The minimum Gasteiger partial charge on any atom is -0.466 e. The summed E-state index contributed by atoms with van der Waals surface area (Å²) in [7, 11) is 0. The van der Waals surface area contributed by atoms with Crippen molar-refractivity contribution in [2.24, 2.45) is 5.92 Å². The number of hydrogen-bond acceptors (Lipinski definition) is 3. The van der Waals surface area contributed by atoms with Crippen LogP contribution in [0.5, 0.6) is 0 Å². The first-order valence-corrected chi connectivity index (χ1v) is 7.81. The summed E-state index contributed by atoms with van der Waals surface area (Å²) in [5.74, 6) is -0.684. The van der Waals surface area contributed by atoms with E-state index in [4.69, 9.17) is 4.74 Å². The number of benzene rings is 2. The van der Waals surface area contributed by atoms with E-state index in [0.29, 0.717) is 13.2 Å². The molecule has 2 aromatic carbocycles. The van der Waals surface area contributed by atoms with Gasteiger partial charge in [0.15, 0.2) is 0 Å². The molecule has 1 saturated heterocycles. The van der Waals surface area contributed by atoms with E-state index in [1.54, 1.807) is 11.8 Å². The van der Waals surface area contributed by atoms with Gasteiger partial charge in [-0.05, 0) is 30.2 Å². The zero-order valence-electron chi connectivity index (χ0n) is 13.1. The number of amides is 1. The number of rotatable bonds is 4. The minimum absolute atomic E-state index is 0.0319. The monoisotopic (exact) mass is 309 g/mol. The number of anilines is 1. The molecule has 1 heterocycles. The molecule has 2 aromatic rings. The van der Waals surface area contributed by atoms with Crippen LogP contribution in [0.1, 0.15) is 13.3 Å². The molecule has 0 spiro atoms. The molecule has 0 bridgehead atoms. The maximum Gasteiger partial charge on any atom is 0.311 e. The summed E-state index contributed by atoms with van der Waals surface area (Å²) in [6.45, 7) is 2.51. The van der Waals surface area contributed by atoms with Crippen molar-refractivity contribution in [2.75, 3.05) is 18.1 Å². The normalized spacial score (nSPS) is 17.3. The van der Waals surface area contributed by atoms with Crippen LogP contribution in [0.2, 0.25) is 0 Å². The lowest BCUT2D eigenvalue weighted by molar-refractivity contribution is -0.147. The molecule has 118 valence electrons. The fraction of sp³-hybridized carbons (Fsp3) is 0.263. The van der Waals surface area contributed by atoms with E-state index in [-0.39, 0.29) is 24.2 Å². The first-order chi connectivity index (χ1) is 11.2. The predicted molar refractivity (Wildman–Crippen MR) is 89.0 cm³/mol. The van der Waals surface area contributed by atoms with Gasteiger partial charge in [0.25, 0.3) is 0 Å². The van der Waals surface area contributed by atoms with Crippen molar-refractivity contribution in [3.05, 3.63) is 54.6 Å². The van der Waals surface area contributed by atoms with E-state index >= 15 is 0 Å². The van der Waals surface area contributed by atoms with Crippen LogP contribution in [0.4, 0.5) is 5.69 Å². The molecule has 3 rings (SSSR count). The van der Waals surface area contributed by atoms with E-state index in [1.807, 2.05) is 54.6 Å². The Hall–Kier alpha value is -2.62. The van der Waals surface area contributed by atoms with Crippen LogP contribution in [0.3, 0.4) is 0 Å². The molecule has 1 aliphatic rings. The lowest BCUT2D eigenvalue weighted by Gasteiger charge is -2.17. The number of carbonyl (C=O) groups excluding carboxylic acids is 2. The first-order valence-electron chi connectivity index (χ1n) is 7.81. The Morgan fingerprint density at radius 3 is 2.39 bits per heavy atom. The van der Waals surface area contributed by atoms with Crippen LogP contribution in [0.15, 0.2) is 54.6 Å². The molecule has 0 aromatic heterocycles. The summed E-state index contributed by atoms with van der Waals surface area (Å²) in [5.41, 5.74) is 3.06. The van der Waals surface area contributed by atoms with Gasteiger partial charge in [0.1, 0.15) is 0 Å². The fourth-order valence-corrected chi connectivity index (χ4v) is 2.84. The van der Waals surface area contributed by atoms with Gasteiger partial charge in [-0.25, -0.2) is 0 Å². The summed E-state index contributed by atoms with van der Waals surface area (Å²) in [4.78, 5) is 25.6. The number of nitrogens with zero attached hydrogens (tertiary/aromatic N) is 1. The van der Waals surface area contributed by atoms with Crippen molar-refractivity contribution in [3.63, 3.8) is 0 Å². The average molecular weight is 309 g/mol. The van der Waals surface area contributed by atoms with Crippen LogP contribution < -0.4 is 4.90 Å². The van der Waals surface area contributed by atoms with Crippen molar-refractivity contribution < 1.29 is 14.3 Å².